The minimum absolute atomic E-state index is 0.0230. The van der Waals surface area contributed by atoms with E-state index in [9.17, 15) is 23.1 Å². The molecule has 3 aromatic rings. The summed E-state index contributed by atoms with van der Waals surface area (Å²) in [4.78, 5) is 18.3. The Labute approximate surface area is 179 Å². The van der Waals surface area contributed by atoms with Crippen molar-refractivity contribution in [3.05, 3.63) is 75.5 Å². The molecule has 2 aromatic carbocycles. The van der Waals surface area contributed by atoms with Crippen LogP contribution in [0.1, 0.15) is 29.4 Å². The molecule has 3 rings (SSSR count). The second-order valence-corrected chi connectivity index (χ2v) is 6.58. The zero-order valence-corrected chi connectivity index (χ0v) is 17.0. The third kappa shape index (κ3) is 5.62. The van der Waals surface area contributed by atoms with Crippen LogP contribution in [0.3, 0.4) is 0 Å². The minimum atomic E-state index is -4.51. The zero-order valence-electron chi connectivity index (χ0n) is 17.0. The quantitative estimate of drug-likeness (QED) is 0.392. The SMILES string of the molecule is COc1cc(CON=C(C)c2ccc(OCc3oc(=O)[nH]c3O)cc2)ccc1C(F)(F)F. The molecule has 0 aliphatic heterocycles. The molecular formula is C21H19F3N2O6. The number of rotatable bonds is 8. The number of hydrogen-bond donors (Lipinski definition) is 2. The Morgan fingerprint density at radius 2 is 1.88 bits per heavy atom. The lowest BCUT2D eigenvalue weighted by atomic mass is 10.1. The summed E-state index contributed by atoms with van der Waals surface area (Å²) in [6.07, 6.45) is -4.51. The number of nitrogens with zero attached hydrogens (tertiary/aromatic N) is 1. The molecule has 8 nitrogen and oxygen atoms in total. The zero-order chi connectivity index (χ0) is 23.3. The van der Waals surface area contributed by atoms with Gasteiger partial charge in [-0.25, -0.2) is 4.79 Å². The van der Waals surface area contributed by atoms with Crippen LogP contribution in [-0.2, 0) is 24.2 Å². The summed E-state index contributed by atoms with van der Waals surface area (Å²) in [7, 11) is 1.17. The van der Waals surface area contributed by atoms with E-state index >= 15 is 0 Å². The van der Waals surface area contributed by atoms with Gasteiger partial charge in [0.25, 0.3) is 0 Å². The van der Waals surface area contributed by atoms with Gasteiger partial charge in [0.1, 0.15) is 18.1 Å². The number of methoxy groups -OCH3 is 1. The summed E-state index contributed by atoms with van der Waals surface area (Å²) < 4.78 is 53.8. The van der Waals surface area contributed by atoms with Crippen LogP contribution in [0.2, 0.25) is 0 Å². The van der Waals surface area contributed by atoms with Crippen molar-refractivity contribution in [1.29, 1.82) is 0 Å². The maximum absolute atomic E-state index is 12.9. The van der Waals surface area contributed by atoms with Gasteiger partial charge in [0.2, 0.25) is 11.6 Å². The van der Waals surface area contributed by atoms with E-state index in [4.69, 9.17) is 18.7 Å². The van der Waals surface area contributed by atoms with Crippen LogP contribution in [0.15, 0.2) is 56.8 Å². The number of nitrogens with one attached hydrogen (secondary N) is 1. The molecule has 1 heterocycles. The second-order valence-electron chi connectivity index (χ2n) is 6.58. The molecule has 0 aliphatic carbocycles. The number of aromatic hydroxyl groups is 1. The average molecular weight is 452 g/mol. The van der Waals surface area contributed by atoms with Crippen LogP contribution in [0.4, 0.5) is 13.2 Å². The van der Waals surface area contributed by atoms with E-state index in [1.807, 2.05) is 0 Å². The lowest BCUT2D eigenvalue weighted by Crippen LogP contribution is -2.08. The van der Waals surface area contributed by atoms with Crippen molar-refractivity contribution in [1.82, 2.24) is 4.98 Å². The van der Waals surface area contributed by atoms with Gasteiger partial charge in [-0.15, -0.1) is 0 Å². The first-order valence-electron chi connectivity index (χ1n) is 9.22. The van der Waals surface area contributed by atoms with Crippen molar-refractivity contribution in [2.75, 3.05) is 7.11 Å². The Kier molecular flexibility index (Phi) is 6.76. The summed E-state index contributed by atoms with van der Waals surface area (Å²) in [6.45, 7) is 1.52. The molecule has 0 saturated carbocycles. The van der Waals surface area contributed by atoms with Crippen molar-refractivity contribution in [3.63, 3.8) is 0 Å². The number of aromatic nitrogens is 1. The third-order valence-corrected chi connectivity index (χ3v) is 4.35. The van der Waals surface area contributed by atoms with E-state index in [0.717, 1.165) is 11.6 Å². The molecule has 0 aliphatic rings. The molecule has 11 heteroatoms. The van der Waals surface area contributed by atoms with Crippen molar-refractivity contribution in [2.45, 2.75) is 26.3 Å². The largest absolute Gasteiger partial charge is 0.496 e. The molecule has 170 valence electrons. The number of aromatic amines is 1. The Balaban J connectivity index is 1.58. The molecule has 1 aromatic heterocycles. The molecule has 0 spiro atoms. The monoisotopic (exact) mass is 452 g/mol. The van der Waals surface area contributed by atoms with Gasteiger partial charge in [-0.1, -0.05) is 11.2 Å². The molecule has 0 fully saturated rings. The normalized spacial score (nSPS) is 12.0. The predicted octanol–water partition coefficient (Wildman–Crippen LogP) is 4.22. The van der Waals surface area contributed by atoms with Crippen LogP contribution in [0.5, 0.6) is 17.4 Å². The van der Waals surface area contributed by atoms with Crippen LogP contribution in [-0.4, -0.2) is 22.9 Å². The molecule has 32 heavy (non-hydrogen) atoms. The molecular weight excluding hydrogens is 433 g/mol. The number of benzene rings is 2. The van der Waals surface area contributed by atoms with Crippen molar-refractivity contribution in [3.8, 4) is 17.4 Å². The molecule has 0 bridgehead atoms. The summed E-state index contributed by atoms with van der Waals surface area (Å²) in [5.74, 6) is -1.02. The summed E-state index contributed by atoms with van der Waals surface area (Å²) >= 11 is 0. The number of hydrogen-bond acceptors (Lipinski definition) is 7. The number of oxazole rings is 1. The maximum Gasteiger partial charge on any atom is 0.419 e. The topological polar surface area (TPSA) is 106 Å². The summed E-state index contributed by atoms with van der Waals surface area (Å²) in [6, 6.07) is 10.2. The van der Waals surface area contributed by atoms with Gasteiger partial charge in [-0.05, 0) is 54.4 Å². The van der Waals surface area contributed by atoms with E-state index in [-0.39, 0.29) is 24.7 Å². The smallest absolute Gasteiger partial charge is 0.419 e. The fourth-order valence-corrected chi connectivity index (χ4v) is 2.71. The molecule has 2 N–H and O–H groups in total. The highest BCUT2D eigenvalue weighted by Gasteiger charge is 2.34. The Morgan fingerprint density at radius 1 is 1.16 bits per heavy atom. The number of H-pyrrole nitrogens is 1. The van der Waals surface area contributed by atoms with Crippen molar-refractivity contribution >= 4 is 5.71 Å². The standard InChI is InChI=1S/C21H19F3N2O6/c1-12(26-31-10-13-3-8-16(21(22,23)24)17(9-13)29-2)14-4-6-15(7-5-14)30-11-18-19(27)25-20(28)32-18/h3-9,27H,10-11H2,1-2H3,(H,25,28). The Bertz CT molecular complexity index is 1150. The lowest BCUT2D eigenvalue weighted by molar-refractivity contribution is -0.138. The Hall–Kier alpha value is -3.89. The molecule has 0 amide bonds. The van der Waals surface area contributed by atoms with Gasteiger partial charge < -0.3 is 23.8 Å². The first-order valence-corrected chi connectivity index (χ1v) is 9.22. The van der Waals surface area contributed by atoms with E-state index in [2.05, 4.69) is 10.1 Å². The maximum atomic E-state index is 12.9. The average Bonchev–Trinajstić information content (AvgIpc) is 3.08. The van der Waals surface area contributed by atoms with Crippen molar-refractivity contribution < 1.29 is 37.0 Å². The van der Waals surface area contributed by atoms with Crippen LogP contribution >= 0.6 is 0 Å². The van der Waals surface area contributed by atoms with Crippen LogP contribution < -0.4 is 15.2 Å². The van der Waals surface area contributed by atoms with Gasteiger partial charge in [-0.3, -0.25) is 4.98 Å². The van der Waals surface area contributed by atoms with Gasteiger partial charge in [0.15, 0.2) is 6.61 Å². The number of alkyl halides is 3. The van der Waals surface area contributed by atoms with E-state index in [0.29, 0.717) is 17.0 Å². The highest BCUT2D eigenvalue weighted by atomic mass is 19.4. The van der Waals surface area contributed by atoms with Crippen LogP contribution in [0.25, 0.3) is 0 Å². The van der Waals surface area contributed by atoms with Gasteiger partial charge in [0, 0.05) is 0 Å². The van der Waals surface area contributed by atoms with Gasteiger partial charge in [-0.2, -0.15) is 13.2 Å². The number of halogens is 3. The van der Waals surface area contributed by atoms with Crippen molar-refractivity contribution in [2.24, 2.45) is 5.16 Å². The Morgan fingerprint density at radius 3 is 2.47 bits per heavy atom. The van der Waals surface area contributed by atoms with E-state index in [1.165, 1.54) is 19.2 Å². The summed E-state index contributed by atoms with van der Waals surface area (Å²) in [5.41, 5.74) is 0.859. The molecule has 0 radical (unpaired) electrons. The minimum Gasteiger partial charge on any atom is -0.496 e. The second kappa shape index (κ2) is 9.50. The van der Waals surface area contributed by atoms with Gasteiger partial charge in [0.05, 0.1) is 18.4 Å². The summed E-state index contributed by atoms with van der Waals surface area (Å²) in [5, 5.41) is 13.4. The lowest BCUT2D eigenvalue weighted by Gasteiger charge is -2.13. The molecule has 0 unspecified atom stereocenters. The molecule has 0 saturated heterocycles. The highest BCUT2D eigenvalue weighted by molar-refractivity contribution is 5.98. The first-order chi connectivity index (χ1) is 15.2. The fraction of sp³-hybridized carbons (Fsp3) is 0.238. The third-order valence-electron chi connectivity index (χ3n) is 4.35. The van der Waals surface area contributed by atoms with Gasteiger partial charge >= 0.3 is 11.9 Å². The number of oxime groups is 1. The van der Waals surface area contributed by atoms with E-state index in [1.54, 1.807) is 31.2 Å². The predicted molar refractivity (Wildman–Crippen MR) is 107 cm³/mol. The molecule has 0 atom stereocenters. The fourth-order valence-electron chi connectivity index (χ4n) is 2.71. The first kappa shape index (κ1) is 22.8. The highest BCUT2D eigenvalue weighted by Crippen LogP contribution is 2.36. The number of ether oxygens (including phenoxy) is 2. The van der Waals surface area contributed by atoms with Crippen LogP contribution in [0, 0.1) is 0 Å². The van der Waals surface area contributed by atoms with E-state index < -0.39 is 23.4 Å².